The molecule has 0 aliphatic carbocycles. The van der Waals surface area contributed by atoms with Crippen LogP contribution in [0.2, 0.25) is 0 Å². The first kappa shape index (κ1) is 10.8. The van der Waals surface area contributed by atoms with Crippen molar-refractivity contribution in [1.82, 2.24) is 5.32 Å². The summed E-state index contributed by atoms with van der Waals surface area (Å²) >= 11 is 0. The van der Waals surface area contributed by atoms with E-state index in [9.17, 15) is 0 Å². The third-order valence-corrected chi connectivity index (χ3v) is 2.68. The second-order valence-electron chi connectivity index (χ2n) is 3.85. The zero-order valence-electron chi connectivity index (χ0n) is 8.99. The summed E-state index contributed by atoms with van der Waals surface area (Å²) in [5, 5.41) is 18.7. The van der Waals surface area contributed by atoms with Crippen LogP contribution in [0.3, 0.4) is 0 Å². The molecule has 0 amide bonds. The van der Waals surface area contributed by atoms with E-state index in [2.05, 4.69) is 5.32 Å². The Balaban J connectivity index is 1.94. The highest BCUT2D eigenvalue weighted by atomic mass is 16.5. The molecule has 1 atom stereocenters. The molecule has 3 N–H and O–H groups in total. The van der Waals surface area contributed by atoms with Gasteiger partial charge < -0.3 is 10.1 Å². The molecule has 0 spiro atoms. The average Bonchev–Trinajstić information content (AvgIpc) is 2.83. The number of benzene rings is 1. The van der Waals surface area contributed by atoms with Gasteiger partial charge in [0.05, 0.1) is 0 Å². The van der Waals surface area contributed by atoms with Crippen molar-refractivity contribution in [1.29, 1.82) is 10.8 Å². The summed E-state index contributed by atoms with van der Waals surface area (Å²) in [4.78, 5) is 0. The highest BCUT2D eigenvalue weighted by molar-refractivity contribution is 5.99. The van der Waals surface area contributed by atoms with E-state index in [0.29, 0.717) is 5.56 Å². The van der Waals surface area contributed by atoms with Crippen LogP contribution >= 0.6 is 0 Å². The van der Waals surface area contributed by atoms with E-state index in [1.807, 2.05) is 30.3 Å². The number of hydrogen-bond acceptors (Lipinski definition) is 4. The minimum Gasteiger partial charge on any atom is -0.425 e. The van der Waals surface area contributed by atoms with E-state index in [1.165, 1.54) is 0 Å². The van der Waals surface area contributed by atoms with Crippen molar-refractivity contribution >= 4 is 11.8 Å². The predicted octanol–water partition coefficient (Wildman–Crippen LogP) is 1.62. The molecule has 1 aromatic carbocycles. The van der Waals surface area contributed by atoms with Crippen LogP contribution < -0.4 is 5.32 Å². The third-order valence-electron chi connectivity index (χ3n) is 2.68. The Morgan fingerprint density at radius 1 is 1.25 bits per heavy atom. The number of ether oxygens (including phenoxy) is 1. The lowest BCUT2D eigenvalue weighted by molar-refractivity contribution is 0.480. The number of nitrogens with one attached hydrogen (secondary N) is 3. The van der Waals surface area contributed by atoms with Gasteiger partial charge in [-0.2, -0.15) is 0 Å². The smallest absolute Gasteiger partial charge is 0.220 e. The van der Waals surface area contributed by atoms with Crippen LogP contribution in [0.15, 0.2) is 30.3 Å². The second-order valence-corrected chi connectivity index (χ2v) is 3.85. The Morgan fingerprint density at radius 3 is 2.62 bits per heavy atom. The first-order chi connectivity index (χ1) is 7.77. The molecular weight excluding hydrogens is 202 g/mol. The van der Waals surface area contributed by atoms with Gasteiger partial charge in [0.2, 0.25) is 5.90 Å². The van der Waals surface area contributed by atoms with Gasteiger partial charge in [0.15, 0.2) is 5.90 Å². The van der Waals surface area contributed by atoms with Crippen LogP contribution in [0.5, 0.6) is 0 Å². The largest absolute Gasteiger partial charge is 0.425 e. The Labute approximate surface area is 94.6 Å². The Morgan fingerprint density at radius 2 is 2.00 bits per heavy atom. The highest BCUT2D eigenvalue weighted by Gasteiger charge is 2.22. The molecular formula is C12H15N3O. The van der Waals surface area contributed by atoms with Crippen LogP contribution in [-0.2, 0) is 4.74 Å². The molecule has 1 unspecified atom stereocenters. The van der Waals surface area contributed by atoms with E-state index in [-0.39, 0.29) is 17.7 Å². The molecule has 1 aliphatic heterocycles. The number of hydrogen-bond donors (Lipinski definition) is 3. The second kappa shape index (κ2) is 4.90. The van der Waals surface area contributed by atoms with E-state index < -0.39 is 0 Å². The van der Waals surface area contributed by atoms with Crippen LogP contribution in [0.1, 0.15) is 12.0 Å². The van der Waals surface area contributed by atoms with Crippen LogP contribution in [0.4, 0.5) is 0 Å². The van der Waals surface area contributed by atoms with Crippen LogP contribution in [0, 0.1) is 16.7 Å². The van der Waals surface area contributed by atoms with Gasteiger partial charge in [-0.3, -0.25) is 10.8 Å². The van der Waals surface area contributed by atoms with E-state index in [4.69, 9.17) is 15.6 Å². The van der Waals surface area contributed by atoms with Gasteiger partial charge in [0.1, 0.15) is 0 Å². The maximum Gasteiger partial charge on any atom is 0.220 e. The van der Waals surface area contributed by atoms with Gasteiger partial charge in [0.25, 0.3) is 0 Å². The summed E-state index contributed by atoms with van der Waals surface area (Å²) in [6.07, 6.45) is 0.918. The van der Waals surface area contributed by atoms with Crippen molar-refractivity contribution in [2.45, 2.75) is 6.42 Å². The highest BCUT2D eigenvalue weighted by Crippen LogP contribution is 2.11. The fourth-order valence-corrected chi connectivity index (χ4v) is 1.72. The minimum absolute atomic E-state index is 0.0532. The molecule has 1 fully saturated rings. The third kappa shape index (κ3) is 2.46. The summed E-state index contributed by atoms with van der Waals surface area (Å²) in [7, 11) is 0. The Hall–Kier alpha value is -1.68. The first-order valence-electron chi connectivity index (χ1n) is 5.38. The summed E-state index contributed by atoms with van der Waals surface area (Å²) in [6, 6.07) is 9.22. The van der Waals surface area contributed by atoms with Crippen LogP contribution in [-0.4, -0.2) is 24.9 Å². The lowest BCUT2D eigenvalue weighted by Gasteiger charge is -2.12. The van der Waals surface area contributed by atoms with E-state index in [1.54, 1.807) is 0 Å². The molecule has 0 radical (unpaired) electrons. The van der Waals surface area contributed by atoms with Crippen molar-refractivity contribution < 1.29 is 4.74 Å². The average molecular weight is 217 g/mol. The van der Waals surface area contributed by atoms with Gasteiger partial charge in [-0.15, -0.1) is 0 Å². The maximum absolute atomic E-state index is 7.76. The van der Waals surface area contributed by atoms with Crippen molar-refractivity contribution in [2.75, 3.05) is 13.1 Å². The molecule has 1 aromatic rings. The number of rotatable bonds is 2. The maximum atomic E-state index is 7.76. The molecule has 4 heteroatoms. The molecule has 4 nitrogen and oxygen atoms in total. The van der Waals surface area contributed by atoms with Gasteiger partial charge in [-0.25, -0.2) is 0 Å². The molecule has 0 saturated carbocycles. The zero-order chi connectivity index (χ0) is 11.4. The van der Waals surface area contributed by atoms with E-state index in [0.717, 1.165) is 19.5 Å². The predicted molar refractivity (Wildman–Crippen MR) is 63.1 cm³/mol. The topological polar surface area (TPSA) is 69.0 Å². The fraction of sp³-hybridized carbons (Fsp3) is 0.333. The lowest BCUT2D eigenvalue weighted by Crippen LogP contribution is -2.22. The molecule has 0 aromatic heterocycles. The summed E-state index contributed by atoms with van der Waals surface area (Å²) in [5.74, 6) is 0.361. The van der Waals surface area contributed by atoms with Crippen molar-refractivity contribution in [2.24, 2.45) is 5.92 Å². The van der Waals surface area contributed by atoms with Gasteiger partial charge in [-0.1, -0.05) is 18.2 Å². The summed E-state index contributed by atoms with van der Waals surface area (Å²) in [6.45, 7) is 1.70. The Kier molecular flexibility index (Phi) is 3.31. The van der Waals surface area contributed by atoms with Crippen LogP contribution in [0.25, 0.3) is 0 Å². The fourth-order valence-electron chi connectivity index (χ4n) is 1.72. The van der Waals surface area contributed by atoms with Crippen molar-refractivity contribution in [3.8, 4) is 0 Å². The molecule has 1 aliphatic rings. The van der Waals surface area contributed by atoms with Crippen molar-refractivity contribution in [3.63, 3.8) is 0 Å². The summed E-state index contributed by atoms with van der Waals surface area (Å²) in [5.41, 5.74) is 0.707. The first-order valence-corrected chi connectivity index (χ1v) is 5.38. The lowest BCUT2D eigenvalue weighted by atomic mass is 10.1. The quantitative estimate of drug-likeness (QED) is 0.520. The minimum atomic E-state index is 0.0532. The molecule has 16 heavy (non-hydrogen) atoms. The SMILES string of the molecule is N=C(OC(=N)C1CCNC1)c1ccccc1. The molecule has 2 rings (SSSR count). The van der Waals surface area contributed by atoms with Gasteiger partial charge in [-0.05, 0) is 25.1 Å². The van der Waals surface area contributed by atoms with Crippen molar-refractivity contribution in [3.05, 3.63) is 35.9 Å². The molecule has 1 heterocycles. The molecule has 84 valence electrons. The van der Waals surface area contributed by atoms with E-state index >= 15 is 0 Å². The monoisotopic (exact) mass is 217 g/mol. The standard InChI is InChI=1S/C12H15N3O/c13-11(9-4-2-1-3-5-9)16-12(14)10-6-7-15-8-10/h1-5,10,13-15H,6-8H2. The normalized spacial score (nSPS) is 19.4. The molecule has 1 saturated heterocycles. The molecule has 0 bridgehead atoms. The van der Waals surface area contributed by atoms with Gasteiger partial charge >= 0.3 is 0 Å². The zero-order valence-corrected chi connectivity index (χ0v) is 8.99. The Bertz CT molecular complexity index is 383. The van der Waals surface area contributed by atoms with Gasteiger partial charge in [0, 0.05) is 18.0 Å². The summed E-state index contributed by atoms with van der Waals surface area (Å²) < 4.78 is 5.25.